The standard InChI is InChI=1S/C28H34N6O2.C2H6/c1-18-10-20-11-19(2)15-28(14-18,16-20)34-27-23(17-30)24(31)13-26(33-27)32-22-6-5-21(4-3-8-35)25(12-22)36-9-7-29;1-2/h3-6,12-13,18-20,35H,8-11,14-16H2,1-2H3,(H4,31,32,33,34);1-2H3/b4-3+;. The molecule has 1 aromatic heterocycles. The van der Waals surface area contributed by atoms with E-state index in [0.717, 1.165) is 24.8 Å². The molecule has 2 unspecified atom stereocenters. The smallest absolute Gasteiger partial charge is 0.174 e. The summed E-state index contributed by atoms with van der Waals surface area (Å²) in [6.45, 7) is 8.44. The van der Waals surface area contributed by atoms with Crippen molar-refractivity contribution in [3.05, 3.63) is 41.5 Å². The largest absolute Gasteiger partial charge is 0.478 e. The fraction of sp³-hybridized carbons (Fsp3) is 0.500. The first-order valence-electron chi connectivity index (χ1n) is 13.5. The number of pyridine rings is 1. The van der Waals surface area contributed by atoms with Crippen LogP contribution in [0.5, 0.6) is 5.75 Å². The van der Waals surface area contributed by atoms with E-state index in [1.807, 2.05) is 32.0 Å². The molecule has 2 aliphatic carbocycles. The van der Waals surface area contributed by atoms with Gasteiger partial charge in [0.25, 0.3) is 0 Å². The zero-order chi connectivity index (χ0) is 27.7. The maximum Gasteiger partial charge on any atom is 0.174 e. The summed E-state index contributed by atoms with van der Waals surface area (Å²) in [5.41, 5.74) is 8.40. The van der Waals surface area contributed by atoms with Gasteiger partial charge in [-0.15, -0.1) is 0 Å². The van der Waals surface area contributed by atoms with Gasteiger partial charge in [0.15, 0.2) is 6.61 Å². The molecule has 0 spiro atoms. The Morgan fingerprint density at radius 1 is 1.16 bits per heavy atom. The summed E-state index contributed by atoms with van der Waals surface area (Å²) < 4.78 is 5.58. The van der Waals surface area contributed by atoms with E-state index in [1.165, 1.54) is 12.8 Å². The number of aliphatic hydroxyl groups excluding tert-OH is 1. The molecule has 0 aliphatic heterocycles. The van der Waals surface area contributed by atoms with Gasteiger partial charge in [-0.1, -0.05) is 39.8 Å². The van der Waals surface area contributed by atoms with Crippen molar-refractivity contribution in [2.24, 2.45) is 17.8 Å². The van der Waals surface area contributed by atoms with Crippen molar-refractivity contribution in [2.75, 3.05) is 29.6 Å². The third-order valence-electron chi connectivity index (χ3n) is 7.16. The van der Waals surface area contributed by atoms with Crippen LogP contribution in [0.3, 0.4) is 0 Å². The number of benzene rings is 1. The summed E-state index contributed by atoms with van der Waals surface area (Å²) in [4.78, 5) is 4.78. The third kappa shape index (κ3) is 6.96. The highest BCUT2D eigenvalue weighted by atomic mass is 16.5. The van der Waals surface area contributed by atoms with E-state index in [0.29, 0.717) is 52.1 Å². The molecule has 38 heavy (non-hydrogen) atoms. The van der Waals surface area contributed by atoms with E-state index in [2.05, 4.69) is 30.6 Å². The number of anilines is 4. The summed E-state index contributed by atoms with van der Waals surface area (Å²) in [7, 11) is 0. The maximum atomic E-state index is 9.86. The topological polar surface area (TPSA) is 140 Å². The van der Waals surface area contributed by atoms with Crippen molar-refractivity contribution in [1.29, 1.82) is 10.5 Å². The minimum absolute atomic E-state index is 0.0807. The van der Waals surface area contributed by atoms with E-state index < -0.39 is 0 Å². The van der Waals surface area contributed by atoms with Crippen LogP contribution < -0.4 is 21.1 Å². The molecule has 0 amide bonds. The van der Waals surface area contributed by atoms with Crippen LogP contribution in [0.25, 0.3) is 6.08 Å². The first kappa shape index (κ1) is 28.8. The summed E-state index contributed by atoms with van der Waals surface area (Å²) in [5.74, 6) is 3.48. The molecule has 2 atom stereocenters. The molecule has 1 aromatic carbocycles. The van der Waals surface area contributed by atoms with Crippen LogP contribution in [-0.2, 0) is 0 Å². The Bertz CT molecular complexity index is 1190. The molecule has 4 rings (SSSR count). The average molecular weight is 517 g/mol. The summed E-state index contributed by atoms with van der Waals surface area (Å²) in [6.07, 6.45) is 9.06. The summed E-state index contributed by atoms with van der Waals surface area (Å²) in [5, 5.41) is 34.9. The summed E-state index contributed by atoms with van der Waals surface area (Å²) >= 11 is 0. The molecular formula is C30H40N6O2. The lowest BCUT2D eigenvalue weighted by Gasteiger charge is -2.50. The van der Waals surface area contributed by atoms with Crippen LogP contribution in [0.15, 0.2) is 30.3 Å². The van der Waals surface area contributed by atoms with Crippen molar-refractivity contribution in [2.45, 2.75) is 65.3 Å². The van der Waals surface area contributed by atoms with Gasteiger partial charge >= 0.3 is 0 Å². The number of aliphatic hydroxyl groups is 1. The number of ether oxygens (including phenoxy) is 1. The zero-order valence-corrected chi connectivity index (χ0v) is 22.9. The number of fused-ring (bicyclic) bond motifs is 2. The molecule has 2 fully saturated rings. The zero-order valence-electron chi connectivity index (χ0n) is 22.9. The Balaban J connectivity index is 0.00000195. The minimum Gasteiger partial charge on any atom is -0.478 e. The lowest BCUT2D eigenvalue weighted by Crippen LogP contribution is -2.50. The fourth-order valence-corrected chi connectivity index (χ4v) is 6.26. The van der Waals surface area contributed by atoms with Gasteiger partial charge in [0.2, 0.25) is 0 Å². The van der Waals surface area contributed by atoms with Crippen LogP contribution in [-0.4, -0.2) is 28.8 Å². The molecule has 0 saturated heterocycles. The van der Waals surface area contributed by atoms with E-state index >= 15 is 0 Å². The molecule has 202 valence electrons. The molecule has 1 heterocycles. The van der Waals surface area contributed by atoms with Gasteiger partial charge in [-0.2, -0.15) is 10.5 Å². The quantitative estimate of drug-likeness (QED) is 0.324. The number of nitriles is 2. The lowest BCUT2D eigenvalue weighted by molar-refractivity contribution is 0.0971. The van der Waals surface area contributed by atoms with Gasteiger partial charge in [-0.05, 0) is 62.0 Å². The first-order valence-corrected chi connectivity index (χ1v) is 13.5. The second kappa shape index (κ2) is 13.2. The number of nitrogens with two attached hydrogens (primary N) is 1. The van der Waals surface area contributed by atoms with Gasteiger partial charge in [0, 0.05) is 28.9 Å². The van der Waals surface area contributed by atoms with Crippen molar-refractivity contribution < 1.29 is 9.84 Å². The Kier molecular flexibility index (Phi) is 9.98. The number of nitrogen functional groups attached to an aromatic ring is 1. The monoisotopic (exact) mass is 516 g/mol. The van der Waals surface area contributed by atoms with Crippen molar-refractivity contribution in [3.8, 4) is 17.9 Å². The number of nitrogens with one attached hydrogen (secondary N) is 2. The third-order valence-corrected chi connectivity index (χ3v) is 7.16. The van der Waals surface area contributed by atoms with Gasteiger partial charge < -0.3 is 26.2 Å². The van der Waals surface area contributed by atoms with E-state index in [1.54, 1.807) is 24.3 Å². The van der Waals surface area contributed by atoms with Crippen molar-refractivity contribution >= 4 is 29.1 Å². The Labute approximate surface area is 226 Å². The van der Waals surface area contributed by atoms with Crippen LogP contribution >= 0.6 is 0 Å². The molecule has 2 bridgehead atoms. The fourth-order valence-electron chi connectivity index (χ4n) is 6.26. The number of nitrogens with zero attached hydrogens (tertiary/aromatic N) is 3. The van der Waals surface area contributed by atoms with Crippen molar-refractivity contribution in [3.63, 3.8) is 0 Å². The van der Waals surface area contributed by atoms with Gasteiger partial charge in [0.1, 0.15) is 35.1 Å². The summed E-state index contributed by atoms with van der Waals surface area (Å²) in [6, 6.07) is 11.3. The van der Waals surface area contributed by atoms with Crippen LogP contribution in [0.1, 0.15) is 70.9 Å². The normalized spacial score (nSPS) is 23.9. The number of aromatic nitrogens is 1. The van der Waals surface area contributed by atoms with Crippen LogP contribution in [0, 0.1) is 40.4 Å². The number of rotatable bonds is 8. The van der Waals surface area contributed by atoms with Gasteiger partial charge in [-0.25, -0.2) is 4.98 Å². The number of hydrogen-bond donors (Lipinski definition) is 4. The maximum absolute atomic E-state index is 9.86. The van der Waals surface area contributed by atoms with Crippen molar-refractivity contribution in [1.82, 2.24) is 4.98 Å². The van der Waals surface area contributed by atoms with Crippen LogP contribution in [0.2, 0.25) is 0 Å². The Morgan fingerprint density at radius 3 is 2.50 bits per heavy atom. The first-order chi connectivity index (χ1) is 18.3. The second-order valence-electron chi connectivity index (χ2n) is 10.4. The molecule has 8 heteroatoms. The van der Waals surface area contributed by atoms with Crippen LogP contribution in [0.4, 0.5) is 23.0 Å². The predicted octanol–water partition coefficient (Wildman–Crippen LogP) is 6.23. The van der Waals surface area contributed by atoms with E-state index in [9.17, 15) is 5.26 Å². The SMILES string of the molecule is CC.CC1CC2CC(C)CC(Nc3nc(Nc4ccc(/C=C/CO)c(OCC#N)c4)cc(N)c3C#N)(C1)C2. The number of hydrogen-bond acceptors (Lipinski definition) is 8. The molecule has 8 nitrogen and oxygen atoms in total. The van der Waals surface area contributed by atoms with E-state index in [-0.39, 0.29) is 18.8 Å². The Hall–Kier alpha value is -3.75. The van der Waals surface area contributed by atoms with Gasteiger partial charge in [0.05, 0.1) is 12.3 Å². The highest BCUT2D eigenvalue weighted by Gasteiger charge is 2.44. The average Bonchev–Trinajstić information content (AvgIpc) is 2.87. The predicted molar refractivity (Wildman–Crippen MR) is 153 cm³/mol. The molecule has 2 aromatic rings. The highest BCUT2D eigenvalue weighted by molar-refractivity contribution is 5.74. The van der Waals surface area contributed by atoms with Gasteiger partial charge in [-0.3, -0.25) is 0 Å². The lowest BCUT2D eigenvalue weighted by atomic mass is 9.61. The molecular weight excluding hydrogens is 476 g/mol. The highest BCUT2D eigenvalue weighted by Crippen LogP contribution is 2.49. The Morgan fingerprint density at radius 2 is 1.87 bits per heavy atom. The molecule has 5 N–H and O–H groups in total. The van der Waals surface area contributed by atoms with E-state index in [4.69, 9.17) is 25.8 Å². The minimum atomic E-state index is -0.0977. The second-order valence-corrected chi connectivity index (χ2v) is 10.4. The molecule has 2 aliphatic rings. The molecule has 0 radical (unpaired) electrons. The molecule has 2 saturated carbocycles.